The van der Waals surface area contributed by atoms with Gasteiger partial charge in [-0.1, -0.05) is 23.2 Å². The highest BCUT2D eigenvalue weighted by Crippen LogP contribution is 2.45. The van der Waals surface area contributed by atoms with E-state index in [1.807, 2.05) is 0 Å². The quantitative estimate of drug-likeness (QED) is 0.719. The summed E-state index contributed by atoms with van der Waals surface area (Å²) in [6.07, 6.45) is 0. The van der Waals surface area contributed by atoms with Gasteiger partial charge in [0, 0.05) is 0 Å². The van der Waals surface area contributed by atoms with Crippen LogP contribution in [0.5, 0.6) is 0 Å². The predicted octanol–water partition coefficient (Wildman–Crippen LogP) is 2.48. The van der Waals surface area contributed by atoms with Crippen LogP contribution in [-0.4, -0.2) is 11.5 Å². The van der Waals surface area contributed by atoms with Gasteiger partial charge in [-0.25, -0.2) is 0 Å². The molecule has 0 bridgehead atoms. The normalized spacial score (nSPS) is 16.0. The molecule has 1 N–H and O–H groups in total. The van der Waals surface area contributed by atoms with Crippen molar-refractivity contribution in [3.05, 3.63) is 10.3 Å². The van der Waals surface area contributed by atoms with Gasteiger partial charge in [0.15, 0.2) is 0 Å². The minimum absolute atomic E-state index is 0.144. The molecule has 0 heterocycles. The zero-order valence-electron chi connectivity index (χ0n) is 5.25. The first-order chi connectivity index (χ1) is 4.48. The summed E-state index contributed by atoms with van der Waals surface area (Å²) in [5, 5.41) is 0. The monoisotopic (exact) mass is 204 g/mol. The van der Waals surface area contributed by atoms with Crippen LogP contribution >= 0.6 is 30.8 Å². The van der Waals surface area contributed by atoms with Crippen molar-refractivity contribution in [3.8, 4) is 0 Å². The molecule has 0 aromatic heterocycles. The SMILES string of the molecule is CCOP(=O)(O)C=C(Cl)Cl. The van der Waals surface area contributed by atoms with Crippen LogP contribution in [0.25, 0.3) is 0 Å². The lowest BCUT2D eigenvalue weighted by atomic mass is 10.9. The zero-order chi connectivity index (χ0) is 8.20. The van der Waals surface area contributed by atoms with E-state index in [-0.39, 0.29) is 11.1 Å². The summed E-state index contributed by atoms with van der Waals surface area (Å²) in [6.45, 7) is 1.74. The Kier molecular flexibility index (Phi) is 4.57. The van der Waals surface area contributed by atoms with Crippen LogP contribution in [0.15, 0.2) is 10.3 Å². The van der Waals surface area contributed by atoms with Crippen molar-refractivity contribution in [2.24, 2.45) is 0 Å². The summed E-state index contributed by atoms with van der Waals surface area (Å²) < 4.78 is 14.9. The minimum Gasteiger partial charge on any atom is -0.321 e. The summed E-state index contributed by atoms with van der Waals surface area (Å²) >= 11 is 10.2. The summed E-state index contributed by atoms with van der Waals surface area (Å²) in [5.41, 5.74) is 0. The molecule has 0 aromatic carbocycles. The van der Waals surface area contributed by atoms with Crippen molar-refractivity contribution in [2.45, 2.75) is 6.92 Å². The third-order valence-corrected chi connectivity index (χ3v) is 2.31. The van der Waals surface area contributed by atoms with Crippen LogP contribution in [0, 0.1) is 0 Å². The Morgan fingerprint density at radius 3 is 2.60 bits per heavy atom. The van der Waals surface area contributed by atoms with E-state index in [2.05, 4.69) is 4.52 Å². The average Bonchev–Trinajstić information content (AvgIpc) is 1.59. The van der Waals surface area contributed by atoms with Crippen LogP contribution in [0.2, 0.25) is 0 Å². The molecule has 0 aliphatic carbocycles. The molecule has 0 aromatic rings. The molecule has 10 heavy (non-hydrogen) atoms. The molecular weight excluding hydrogens is 198 g/mol. The minimum atomic E-state index is -3.67. The third-order valence-electron chi connectivity index (χ3n) is 0.575. The van der Waals surface area contributed by atoms with E-state index in [0.29, 0.717) is 0 Å². The highest BCUT2D eigenvalue weighted by Gasteiger charge is 2.14. The van der Waals surface area contributed by atoms with Crippen LogP contribution in [0.1, 0.15) is 6.92 Å². The topological polar surface area (TPSA) is 46.5 Å². The van der Waals surface area contributed by atoms with Gasteiger partial charge in [0.05, 0.1) is 12.4 Å². The molecule has 0 saturated carbocycles. The fourth-order valence-corrected chi connectivity index (χ4v) is 1.78. The Hall–Kier alpha value is 0.470. The van der Waals surface area contributed by atoms with Crippen molar-refractivity contribution < 1.29 is 14.0 Å². The summed E-state index contributed by atoms with van der Waals surface area (Å²) in [5.74, 6) is 0.777. The maximum absolute atomic E-state index is 10.7. The van der Waals surface area contributed by atoms with Gasteiger partial charge in [0.1, 0.15) is 4.49 Å². The summed E-state index contributed by atoms with van der Waals surface area (Å²) in [6, 6.07) is 0. The van der Waals surface area contributed by atoms with Gasteiger partial charge < -0.3 is 9.42 Å². The molecule has 3 nitrogen and oxygen atoms in total. The largest absolute Gasteiger partial charge is 0.354 e. The van der Waals surface area contributed by atoms with Crippen molar-refractivity contribution in [2.75, 3.05) is 6.61 Å². The van der Waals surface area contributed by atoms with Crippen LogP contribution in [-0.2, 0) is 9.09 Å². The van der Waals surface area contributed by atoms with Crippen molar-refractivity contribution in [3.63, 3.8) is 0 Å². The molecule has 60 valence electrons. The first-order valence-corrected chi connectivity index (χ1v) is 4.89. The van der Waals surface area contributed by atoms with Crippen LogP contribution in [0.4, 0.5) is 0 Å². The predicted molar refractivity (Wildman–Crippen MR) is 41.2 cm³/mol. The molecule has 0 rings (SSSR count). The van der Waals surface area contributed by atoms with Gasteiger partial charge in [-0.05, 0) is 6.92 Å². The van der Waals surface area contributed by atoms with Gasteiger partial charge in [-0.3, -0.25) is 4.57 Å². The van der Waals surface area contributed by atoms with E-state index in [9.17, 15) is 4.57 Å². The number of hydrogen-bond acceptors (Lipinski definition) is 2. The number of halogens is 2. The van der Waals surface area contributed by atoms with Gasteiger partial charge in [0.2, 0.25) is 0 Å². The van der Waals surface area contributed by atoms with E-state index in [1.165, 1.54) is 0 Å². The molecule has 0 fully saturated rings. The molecule has 0 spiro atoms. The van der Waals surface area contributed by atoms with E-state index >= 15 is 0 Å². The second-order valence-corrected chi connectivity index (χ2v) is 4.05. The molecular formula is C4H7Cl2O3P. The van der Waals surface area contributed by atoms with Crippen LogP contribution in [0.3, 0.4) is 0 Å². The van der Waals surface area contributed by atoms with E-state index < -0.39 is 7.60 Å². The summed E-state index contributed by atoms with van der Waals surface area (Å²) in [7, 11) is -3.67. The van der Waals surface area contributed by atoms with Gasteiger partial charge in [-0.2, -0.15) is 0 Å². The molecule has 0 saturated heterocycles. The Balaban J connectivity index is 4.14. The van der Waals surface area contributed by atoms with Crippen molar-refractivity contribution in [1.29, 1.82) is 0 Å². The number of rotatable bonds is 3. The molecule has 0 aliphatic heterocycles. The second kappa shape index (κ2) is 4.37. The lowest BCUT2D eigenvalue weighted by Gasteiger charge is -2.03. The Labute approximate surface area is 69.1 Å². The van der Waals surface area contributed by atoms with E-state index in [1.54, 1.807) is 6.92 Å². The Morgan fingerprint density at radius 1 is 1.80 bits per heavy atom. The maximum Gasteiger partial charge on any atom is 0.354 e. The lowest BCUT2D eigenvalue weighted by Crippen LogP contribution is -1.84. The van der Waals surface area contributed by atoms with Gasteiger partial charge in [-0.15, -0.1) is 0 Å². The first-order valence-electron chi connectivity index (χ1n) is 2.49. The van der Waals surface area contributed by atoms with Gasteiger partial charge in [0.25, 0.3) is 0 Å². The Bertz CT molecular complexity index is 175. The molecule has 0 radical (unpaired) electrons. The lowest BCUT2D eigenvalue weighted by molar-refractivity contribution is 0.283. The molecule has 6 heteroatoms. The van der Waals surface area contributed by atoms with Crippen molar-refractivity contribution in [1.82, 2.24) is 0 Å². The molecule has 1 atom stereocenters. The molecule has 1 unspecified atom stereocenters. The molecule has 0 amide bonds. The van der Waals surface area contributed by atoms with Crippen LogP contribution < -0.4 is 0 Å². The summed E-state index contributed by atoms with van der Waals surface area (Å²) in [4.78, 5) is 8.77. The molecule has 0 aliphatic rings. The fourth-order valence-electron chi connectivity index (χ4n) is 0.346. The van der Waals surface area contributed by atoms with E-state index in [0.717, 1.165) is 5.82 Å². The maximum atomic E-state index is 10.7. The zero-order valence-corrected chi connectivity index (χ0v) is 7.66. The Morgan fingerprint density at radius 2 is 2.30 bits per heavy atom. The van der Waals surface area contributed by atoms with Gasteiger partial charge >= 0.3 is 7.60 Å². The third kappa shape index (κ3) is 5.27. The average molecular weight is 205 g/mol. The number of hydrogen-bond donors (Lipinski definition) is 1. The highest BCUT2D eigenvalue weighted by atomic mass is 35.5. The smallest absolute Gasteiger partial charge is 0.321 e. The standard InChI is InChI=1S/C4H7Cl2O3P/c1-2-9-10(7,8)3-4(5)6/h3H,2H2,1H3,(H,7,8). The first kappa shape index (κ1) is 10.5. The van der Waals surface area contributed by atoms with E-state index in [4.69, 9.17) is 28.1 Å². The van der Waals surface area contributed by atoms with Crippen molar-refractivity contribution >= 4 is 30.8 Å². The highest BCUT2D eigenvalue weighted by molar-refractivity contribution is 7.56. The fraction of sp³-hybridized carbons (Fsp3) is 0.500. The second-order valence-electron chi connectivity index (χ2n) is 1.40.